The number of carbonyl (C=O) groups is 2. The van der Waals surface area contributed by atoms with E-state index in [-0.39, 0.29) is 23.0 Å². The maximum absolute atomic E-state index is 12.6. The van der Waals surface area contributed by atoms with Crippen molar-refractivity contribution in [2.45, 2.75) is 0 Å². The lowest BCUT2D eigenvalue weighted by atomic mass is 10.0. The van der Waals surface area contributed by atoms with Crippen molar-refractivity contribution >= 4 is 53.2 Å². The highest BCUT2D eigenvalue weighted by atomic mass is 35.5. The molecule has 0 aromatic heterocycles. The second kappa shape index (κ2) is 6.98. The minimum atomic E-state index is -0.311. The van der Waals surface area contributed by atoms with Crippen molar-refractivity contribution in [3.8, 4) is 0 Å². The summed E-state index contributed by atoms with van der Waals surface area (Å²) in [6.45, 7) is 0. The van der Waals surface area contributed by atoms with E-state index in [1.54, 1.807) is 36.4 Å². The molecule has 0 bridgehead atoms. The number of rotatable bonds is 4. The highest BCUT2D eigenvalue weighted by Gasteiger charge is 2.17. The molecule has 0 atom stereocenters. The molecule has 3 nitrogen and oxygen atoms in total. The lowest BCUT2D eigenvalue weighted by Crippen LogP contribution is -2.16. The molecular weight excluding hydrogens is 329 g/mol. The second-order valence-electron chi connectivity index (χ2n) is 4.21. The number of halogens is 2. The quantitative estimate of drug-likeness (QED) is 0.650. The normalized spacial score (nSPS) is 10.2. The zero-order chi connectivity index (χ0) is 15.4. The maximum Gasteiger partial charge on any atom is 0.234 e. The van der Waals surface area contributed by atoms with Gasteiger partial charge in [0.25, 0.3) is 0 Å². The van der Waals surface area contributed by atoms with Gasteiger partial charge in [0, 0.05) is 16.1 Å². The van der Waals surface area contributed by atoms with E-state index in [0.29, 0.717) is 21.3 Å². The van der Waals surface area contributed by atoms with Crippen LogP contribution in [-0.4, -0.2) is 17.4 Å². The first-order valence-electron chi connectivity index (χ1n) is 6.02. The smallest absolute Gasteiger partial charge is 0.234 e. The molecule has 108 valence electrons. The van der Waals surface area contributed by atoms with Crippen LogP contribution in [0.25, 0.3) is 0 Å². The van der Waals surface area contributed by atoms with Crippen molar-refractivity contribution < 1.29 is 9.59 Å². The van der Waals surface area contributed by atoms with Crippen molar-refractivity contribution in [3.05, 3.63) is 63.6 Å². The van der Waals surface area contributed by atoms with Gasteiger partial charge in [-0.05, 0) is 30.3 Å². The third-order valence-corrected chi connectivity index (χ3v) is 3.61. The number of carbonyl (C=O) groups excluding carboxylic acids is 2. The van der Waals surface area contributed by atoms with Gasteiger partial charge in [0.1, 0.15) is 0 Å². The Kier molecular flexibility index (Phi) is 5.28. The fraction of sp³-hybridized carbons (Fsp3) is 0.0667. The molecule has 2 aromatic carbocycles. The van der Waals surface area contributed by atoms with E-state index in [1.165, 1.54) is 6.07 Å². The Bertz CT molecular complexity index is 704. The van der Waals surface area contributed by atoms with E-state index in [4.69, 9.17) is 23.2 Å². The second-order valence-corrected chi connectivity index (χ2v) is 5.37. The predicted molar refractivity (Wildman–Crippen MR) is 88.8 cm³/mol. The van der Waals surface area contributed by atoms with E-state index < -0.39 is 0 Å². The number of amides is 1. The number of hydrogen-bond donors (Lipinski definition) is 2. The number of anilines is 1. The van der Waals surface area contributed by atoms with E-state index in [2.05, 4.69) is 17.9 Å². The molecule has 1 N–H and O–H groups in total. The molecule has 0 heterocycles. The summed E-state index contributed by atoms with van der Waals surface area (Å²) in [6.07, 6.45) is 0. The summed E-state index contributed by atoms with van der Waals surface area (Å²) in [5.74, 6) is -0.603. The summed E-state index contributed by atoms with van der Waals surface area (Å²) >= 11 is 15.9. The van der Waals surface area contributed by atoms with Crippen molar-refractivity contribution in [2.24, 2.45) is 0 Å². The molecule has 6 heteroatoms. The minimum Gasteiger partial charge on any atom is -0.325 e. The molecule has 1 amide bonds. The average molecular weight is 340 g/mol. The molecule has 0 aliphatic rings. The first-order chi connectivity index (χ1) is 10.0. The Morgan fingerprint density at radius 3 is 2.43 bits per heavy atom. The zero-order valence-electron chi connectivity index (χ0n) is 10.8. The van der Waals surface area contributed by atoms with Gasteiger partial charge in [-0.15, -0.1) is 0 Å². The molecule has 21 heavy (non-hydrogen) atoms. The Morgan fingerprint density at radius 1 is 1.05 bits per heavy atom. The first-order valence-corrected chi connectivity index (χ1v) is 7.41. The van der Waals surface area contributed by atoms with Crippen LogP contribution in [0.2, 0.25) is 10.0 Å². The molecule has 2 rings (SSSR count). The van der Waals surface area contributed by atoms with Crippen molar-refractivity contribution in [1.82, 2.24) is 0 Å². The lowest BCUT2D eigenvalue weighted by molar-refractivity contribution is -0.113. The van der Waals surface area contributed by atoms with Crippen molar-refractivity contribution in [1.29, 1.82) is 0 Å². The van der Waals surface area contributed by atoms with Crippen LogP contribution in [0.4, 0.5) is 5.69 Å². The number of ketones is 1. The van der Waals surface area contributed by atoms with Crippen LogP contribution in [0.15, 0.2) is 42.5 Å². The molecule has 0 radical (unpaired) electrons. The van der Waals surface area contributed by atoms with Gasteiger partial charge < -0.3 is 5.32 Å². The topological polar surface area (TPSA) is 46.2 Å². The maximum atomic E-state index is 12.6. The third kappa shape index (κ3) is 3.79. The summed E-state index contributed by atoms with van der Waals surface area (Å²) in [5.41, 5.74) is 1.01. The van der Waals surface area contributed by atoms with Crippen LogP contribution in [0.5, 0.6) is 0 Å². The number of nitrogens with one attached hydrogen (secondary N) is 1. The molecular formula is C15H11Cl2NO2S. The Balaban J connectivity index is 2.47. The van der Waals surface area contributed by atoms with E-state index in [9.17, 15) is 9.59 Å². The zero-order valence-corrected chi connectivity index (χ0v) is 13.2. The summed E-state index contributed by atoms with van der Waals surface area (Å²) in [5, 5.41) is 3.36. The highest BCUT2D eigenvalue weighted by molar-refractivity contribution is 7.81. The Hall–Kier alpha value is -1.49. The van der Waals surface area contributed by atoms with Crippen LogP contribution in [-0.2, 0) is 4.79 Å². The van der Waals surface area contributed by atoms with Gasteiger partial charge in [-0.25, -0.2) is 0 Å². The van der Waals surface area contributed by atoms with Gasteiger partial charge in [0.15, 0.2) is 5.78 Å². The minimum absolute atomic E-state index is 0.0162. The summed E-state index contributed by atoms with van der Waals surface area (Å²) < 4.78 is 0. The monoisotopic (exact) mass is 339 g/mol. The van der Waals surface area contributed by atoms with Crippen LogP contribution in [0.3, 0.4) is 0 Å². The predicted octanol–water partition coefficient (Wildman–Crippen LogP) is 4.09. The largest absolute Gasteiger partial charge is 0.325 e. The molecule has 0 unspecified atom stereocenters. The van der Waals surface area contributed by atoms with Gasteiger partial charge in [0.05, 0.1) is 16.5 Å². The number of hydrogen-bond acceptors (Lipinski definition) is 3. The van der Waals surface area contributed by atoms with E-state index in [0.717, 1.165) is 0 Å². The van der Waals surface area contributed by atoms with E-state index in [1.807, 2.05) is 0 Å². The Morgan fingerprint density at radius 2 is 1.76 bits per heavy atom. The Labute approximate surface area is 137 Å². The molecule has 0 saturated carbocycles. The molecule has 0 spiro atoms. The van der Waals surface area contributed by atoms with Gasteiger partial charge in [-0.3, -0.25) is 9.59 Å². The van der Waals surface area contributed by atoms with Crippen LogP contribution < -0.4 is 5.32 Å². The molecule has 0 aliphatic heterocycles. The first kappa shape index (κ1) is 15.9. The van der Waals surface area contributed by atoms with E-state index >= 15 is 0 Å². The summed E-state index contributed by atoms with van der Waals surface area (Å²) in [6, 6.07) is 11.4. The molecule has 0 saturated heterocycles. The number of benzene rings is 2. The summed E-state index contributed by atoms with van der Waals surface area (Å²) in [4.78, 5) is 24.1. The fourth-order valence-corrected chi connectivity index (χ4v) is 2.27. The standard InChI is InChI=1S/C15H11Cl2NO2S/c16-9-5-6-13(18-14(19)8-21)11(7-9)15(20)10-3-1-2-4-12(10)17/h1-7,21H,8H2,(H,18,19). The van der Waals surface area contributed by atoms with Gasteiger partial charge in [-0.1, -0.05) is 35.3 Å². The van der Waals surface area contributed by atoms with Crippen LogP contribution in [0, 0.1) is 0 Å². The number of thiol groups is 1. The average Bonchev–Trinajstić information content (AvgIpc) is 2.48. The van der Waals surface area contributed by atoms with Crippen LogP contribution in [0.1, 0.15) is 15.9 Å². The van der Waals surface area contributed by atoms with Gasteiger partial charge in [-0.2, -0.15) is 12.6 Å². The molecule has 2 aromatic rings. The van der Waals surface area contributed by atoms with Gasteiger partial charge >= 0.3 is 0 Å². The third-order valence-electron chi connectivity index (χ3n) is 2.76. The molecule has 0 fully saturated rings. The van der Waals surface area contributed by atoms with Crippen LogP contribution >= 0.6 is 35.8 Å². The highest BCUT2D eigenvalue weighted by Crippen LogP contribution is 2.26. The SMILES string of the molecule is O=C(CS)Nc1ccc(Cl)cc1C(=O)c1ccccc1Cl. The lowest BCUT2D eigenvalue weighted by Gasteiger charge is -2.11. The fourth-order valence-electron chi connectivity index (χ4n) is 1.79. The summed E-state index contributed by atoms with van der Waals surface area (Å²) in [7, 11) is 0. The van der Waals surface area contributed by atoms with Gasteiger partial charge in [0.2, 0.25) is 5.91 Å². The molecule has 0 aliphatic carbocycles. The van der Waals surface area contributed by atoms with Crippen molar-refractivity contribution in [2.75, 3.05) is 11.1 Å². The van der Waals surface area contributed by atoms with Crippen molar-refractivity contribution in [3.63, 3.8) is 0 Å².